The summed E-state index contributed by atoms with van der Waals surface area (Å²) in [6.07, 6.45) is 6.64. The number of rotatable bonds is 4. The molecule has 2 aromatic rings. The highest BCUT2D eigenvalue weighted by Gasteiger charge is 2.23. The first-order valence-electron chi connectivity index (χ1n) is 7.34. The quantitative estimate of drug-likeness (QED) is 0.910. The molecule has 4 nitrogen and oxygen atoms in total. The number of aromatic nitrogens is 1. The zero-order valence-electron chi connectivity index (χ0n) is 12.1. The molecular weight excluding hydrogens is 282 g/mol. The van der Waals surface area contributed by atoms with Crippen LogP contribution in [0.1, 0.15) is 46.6 Å². The number of nitrogens with one attached hydrogen (secondary N) is 2. The smallest absolute Gasteiger partial charge is 0.253 e. The van der Waals surface area contributed by atoms with Crippen molar-refractivity contribution >= 4 is 22.9 Å². The predicted octanol–water partition coefficient (Wildman–Crippen LogP) is 3.38. The van der Waals surface area contributed by atoms with Gasteiger partial charge in [0.2, 0.25) is 0 Å². The highest BCUT2D eigenvalue weighted by atomic mass is 32.1. The lowest BCUT2D eigenvalue weighted by atomic mass is 9.94. The number of anilines is 1. The van der Waals surface area contributed by atoms with E-state index >= 15 is 0 Å². The summed E-state index contributed by atoms with van der Waals surface area (Å²) in [5.74, 6) is -0.0302. The summed E-state index contributed by atoms with van der Waals surface area (Å²) in [5, 5.41) is 8.48. The molecule has 5 heteroatoms. The first-order valence-corrected chi connectivity index (χ1v) is 8.22. The maximum Gasteiger partial charge on any atom is 0.253 e. The van der Waals surface area contributed by atoms with Crippen molar-refractivity contribution in [3.63, 3.8) is 0 Å². The van der Waals surface area contributed by atoms with Gasteiger partial charge in [-0.05, 0) is 49.3 Å². The Hall–Kier alpha value is -1.88. The fraction of sp³-hybridized carbons (Fsp3) is 0.375. The average Bonchev–Trinajstić information content (AvgIpc) is 2.98. The molecule has 1 amide bonds. The third-order valence-electron chi connectivity index (χ3n) is 3.79. The maximum absolute atomic E-state index is 12.6. The topological polar surface area (TPSA) is 54.0 Å². The first kappa shape index (κ1) is 14.1. The molecule has 21 heavy (non-hydrogen) atoms. The van der Waals surface area contributed by atoms with Crippen LogP contribution in [0.2, 0.25) is 0 Å². The Labute approximate surface area is 128 Å². The van der Waals surface area contributed by atoms with Gasteiger partial charge in [-0.15, -0.1) is 11.3 Å². The molecule has 110 valence electrons. The van der Waals surface area contributed by atoms with Gasteiger partial charge in [0, 0.05) is 17.6 Å². The number of carbonyl (C=O) groups is 1. The van der Waals surface area contributed by atoms with E-state index in [2.05, 4.69) is 27.1 Å². The number of pyridine rings is 1. The van der Waals surface area contributed by atoms with Crippen LogP contribution in [-0.4, -0.2) is 17.4 Å². The van der Waals surface area contributed by atoms with E-state index in [1.807, 2.05) is 6.92 Å². The third kappa shape index (κ3) is 2.93. The molecule has 3 rings (SSSR count). The first-order chi connectivity index (χ1) is 10.3. The van der Waals surface area contributed by atoms with Crippen molar-refractivity contribution in [2.45, 2.75) is 32.2 Å². The van der Waals surface area contributed by atoms with Crippen LogP contribution in [0.15, 0.2) is 29.9 Å². The second-order valence-corrected chi connectivity index (χ2v) is 6.17. The number of carbonyl (C=O) groups excluding carboxylic acids is 1. The summed E-state index contributed by atoms with van der Waals surface area (Å²) >= 11 is 1.79. The predicted molar refractivity (Wildman–Crippen MR) is 85.9 cm³/mol. The molecule has 2 aromatic heterocycles. The summed E-state index contributed by atoms with van der Waals surface area (Å²) in [7, 11) is 0. The number of nitrogens with zero attached hydrogens (tertiary/aromatic N) is 1. The van der Waals surface area contributed by atoms with Gasteiger partial charge in [0.25, 0.3) is 5.91 Å². The van der Waals surface area contributed by atoms with E-state index in [1.54, 1.807) is 29.8 Å². The molecule has 1 atom stereocenters. The van der Waals surface area contributed by atoms with E-state index in [4.69, 9.17) is 0 Å². The number of amides is 1. The molecule has 2 N–H and O–H groups in total. The monoisotopic (exact) mass is 301 g/mol. The van der Waals surface area contributed by atoms with Gasteiger partial charge < -0.3 is 10.6 Å². The van der Waals surface area contributed by atoms with Gasteiger partial charge in [0.05, 0.1) is 23.5 Å². The Morgan fingerprint density at radius 2 is 2.38 bits per heavy atom. The van der Waals surface area contributed by atoms with Gasteiger partial charge in [-0.2, -0.15) is 0 Å². The molecule has 0 fully saturated rings. The van der Waals surface area contributed by atoms with E-state index in [9.17, 15) is 4.79 Å². The van der Waals surface area contributed by atoms with E-state index in [-0.39, 0.29) is 11.9 Å². The van der Waals surface area contributed by atoms with E-state index in [0.717, 1.165) is 31.5 Å². The van der Waals surface area contributed by atoms with Crippen LogP contribution in [0.3, 0.4) is 0 Å². The van der Waals surface area contributed by atoms with Crippen LogP contribution >= 0.6 is 11.3 Å². The Bertz CT molecular complexity index is 638. The second kappa shape index (κ2) is 6.26. The normalized spacial score (nSPS) is 17.1. The molecule has 0 saturated carbocycles. The lowest BCUT2D eigenvalue weighted by Crippen LogP contribution is -2.31. The van der Waals surface area contributed by atoms with Crippen molar-refractivity contribution in [1.82, 2.24) is 10.3 Å². The van der Waals surface area contributed by atoms with Gasteiger partial charge in [-0.1, -0.05) is 0 Å². The van der Waals surface area contributed by atoms with Crippen LogP contribution < -0.4 is 10.6 Å². The largest absolute Gasteiger partial charge is 0.383 e. The molecule has 0 bridgehead atoms. The molecule has 2 heterocycles. The van der Waals surface area contributed by atoms with Crippen LogP contribution in [-0.2, 0) is 6.42 Å². The Morgan fingerprint density at radius 1 is 1.48 bits per heavy atom. The van der Waals surface area contributed by atoms with Gasteiger partial charge in [-0.3, -0.25) is 9.78 Å². The highest BCUT2D eigenvalue weighted by Crippen LogP contribution is 2.33. The lowest BCUT2D eigenvalue weighted by molar-refractivity contribution is 0.0933. The van der Waals surface area contributed by atoms with Gasteiger partial charge in [0.1, 0.15) is 0 Å². The summed E-state index contributed by atoms with van der Waals surface area (Å²) in [6, 6.07) is 4.04. The SMILES string of the molecule is CCNc1cnccc1C(=O)NC1CCCc2sccc21. The minimum Gasteiger partial charge on any atom is -0.383 e. The van der Waals surface area contributed by atoms with E-state index in [1.165, 1.54) is 10.4 Å². The molecular formula is C16H19N3OS. The fourth-order valence-electron chi connectivity index (χ4n) is 2.80. The molecule has 1 unspecified atom stereocenters. The zero-order valence-corrected chi connectivity index (χ0v) is 12.9. The summed E-state index contributed by atoms with van der Waals surface area (Å²) in [5.41, 5.74) is 2.74. The number of hydrogen-bond donors (Lipinski definition) is 2. The highest BCUT2D eigenvalue weighted by molar-refractivity contribution is 7.10. The van der Waals surface area contributed by atoms with Crippen molar-refractivity contribution in [2.75, 3.05) is 11.9 Å². The molecule has 0 aliphatic heterocycles. The van der Waals surface area contributed by atoms with Gasteiger partial charge in [-0.25, -0.2) is 0 Å². The Kier molecular flexibility index (Phi) is 4.20. The minimum absolute atomic E-state index is 0.0302. The number of thiophene rings is 1. The molecule has 1 aliphatic rings. The summed E-state index contributed by atoms with van der Waals surface area (Å²) in [6.45, 7) is 2.78. The van der Waals surface area contributed by atoms with E-state index in [0.29, 0.717) is 5.56 Å². The van der Waals surface area contributed by atoms with Gasteiger partial charge >= 0.3 is 0 Å². The number of aryl methyl sites for hydroxylation is 1. The summed E-state index contributed by atoms with van der Waals surface area (Å²) in [4.78, 5) is 18.1. The van der Waals surface area contributed by atoms with E-state index < -0.39 is 0 Å². The van der Waals surface area contributed by atoms with Crippen LogP contribution in [0.5, 0.6) is 0 Å². The minimum atomic E-state index is -0.0302. The van der Waals surface area contributed by atoms with Gasteiger partial charge in [0.15, 0.2) is 0 Å². The molecule has 0 saturated heterocycles. The molecule has 1 aliphatic carbocycles. The van der Waals surface area contributed by atoms with Crippen molar-refractivity contribution in [2.24, 2.45) is 0 Å². The van der Waals surface area contributed by atoms with Crippen molar-refractivity contribution in [1.29, 1.82) is 0 Å². The van der Waals surface area contributed by atoms with Crippen LogP contribution in [0, 0.1) is 0 Å². The summed E-state index contributed by atoms with van der Waals surface area (Å²) < 4.78 is 0. The van der Waals surface area contributed by atoms with Crippen molar-refractivity contribution in [3.8, 4) is 0 Å². The number of fused-ring (bicyclic) bond motifs is 1. The Balaban J connectivity index is 1.79. The molecule has 0 aromatic carbocycles. The standard InChI is InChI=1S/C16H19N3OS/c1-2-18-14-10-17-8-6-12(14)16(20)19-13-4-3-5-15-11(13)7-9-21-15/h6-10,13,18H,2-5H2,1H3,(H,19,20). The zero-order chi connectivity index (χ0) is 14.7. The van der Waals surface area contributed by atoms with Crippen molar-refractivity contribution < 1.29 is 4.79 Å². The van der Waals surface area contributed by atoms with Crippen LogP contribution in [0.25, 0.3) is 0 Å². The third-order valence-corrected chi connectivity index (χ3v) is 4.79. The lowest BCUT2D eigenvalue weighted by Gasteiger charge is -2.24. The molecule has 0 spiro atoms. The second-order valence-electron chi connectivity index (χ2n) is 5.17. The number of hydrogen-bond acceptors (Lipinski definition) is 4. The maximum atomic E-state index is 12.6. The Morgan fingerprint density at radius 3 is 3.24 bits per heavy atom. The van der Waals surface area contributed by atoms with Crippen molar-refractivity contribution in [3.05, 3.63) is 45.9 Å². The molecule has 0 radical (unpaired) electrons. The fourth-order valence-corrected chi connectivity index (χ4v) is 3.78. The average molecular weight is 301 g/mol. The van der Waals surface area contributed by atoms with Crippen LogP contribution in [0.4, 0.5) is 5.69 Å².